The van der Waals surface area contributed by atoms with Crippen LogP contribution in [0.1, 0.15) is 45.1 Å². The molecule has 1 N–H and O–H groups in total. The molecule has 35 heavy (non-hydrogen) atoms. The fourth-order valence-electron chi connectivity index (χ4n) is 3.98. The largest absolute Gasteiger partial charge is 0.463 e. The van der Waals surface area contributed by atoms with E-state index in [-0.39, 0.29) is 55.6 Å². The molecule has 0 unspecified atom stereocenters. The van der Waals surface area contributed by atoms with Gasteiger partial charge >= 0.3 is 11.9 Å². The topological polar surface area (TPSA) is 100 Å². The van der Waals surface area contributed by atoms with E-state index in [1.165, 1.54) is 0 Å². The van der Waals surface area contributed by atoms with Crippen molar-refractivity contribution in [2.75, 3.05) is 27.4 Å². The van der Waals surface area contributed by atoms with Gasteiger partial charge in [0, 0.05) is 39.4 Å². The number of benzene rings is 1. The van der Waals surface area contributed by atoms with Crippen LogP contribution < -0.4 is 5.32 Å². The van der Waals surface area contributed by atoms with Crippen molar-refractivity contribution in [1.29, 1.82) is 0 Å². The molecule has 194 valence electrons. The monoisotopic (exact) mass is 489 g/mol. The van der Waals surface area contributed by atoms with Crippen molar-refractivity contribution in [3.63, 3.8) is 0 Å². The van der Waals surface area contributed by atoms with E-state index < -0.39 is 12.0 Å². The maximum absolute atomic E-state index is 13.0. The second kappa shape index (κ2) is 15.3. The molecule has 1 heterocycles. The molecule has 8 heteroatoms. The minimum Gasteiger partial charge on any atom is -0.463 e. The Kier molecular flexibility index (Phi) is 12.5. The van der Waals surface area contributed by atoms with Gasteiger partial charge in [-0.1, -0.05) is 56.3 Å². The van der Waals surface area contributed by atoms with Gasteiger partial charge in [-0.3, -0.25) is 9.59 Å². The number of carbonyl (C=O) groups is 3. The molecule has 0 spiro atoms. The summed E-state index contributed by atoms with van der Waals surface area (Å²) in [4.78, 5) is 37.8. The third-order valence-electron chi connectivity index (χ3n) is 6.31. The molecule has 1 aromatic carbocycles. The summed E-state index contributed by atoms with van der Waals surface area (Å²) in [5, 5.41) is 2.81. The lowest BCUT2D eigenvalue weighted by atomic mass is 9.98. The Morgan fingerprint density at radius 2 is 1.66 bits per heavy atom. The zero-order valence-corrected chi connectivity index (χ0v) is 21.2. The number of esters is 2. The number of ether oxygens (including phenoxy) is 4. The van der Waals surface area contributed by atoms with Crippen LogP contribution in [-0.4, -0.2) is 63.5 Å². The Bertz CT molecular complexity index is 826. The fraction of sp³-hybridized carbons (Fsp3) is 0.593. The van der Waals surface area contributed by atoms with Crippen LogP contribution in [0.2, 0.25) is 0 Å². The van der Waals surface area contributed by atoms with Gasteiger partial charge in [-0.25, -0.2) is 4.79 Å². The minimum atomic E-state index is -0.816. The minimum absolute atomic E-state index is 0.0563. The SMILES string of the molecule is CO[C@@H]1COC(=O)CCC[C@@H](C)[C@H](OC)COC(=O)[C@H](Cc2ccccc2)NC(=O)C/C=C/[C@H]1C. The summed E-state index contributed by atoms with van der Waals surface area (Å²) in [5.41, 5.74) is 0.918. The van der Waals surface area contributed by atoms with Crippen molar-refractivity contribution >= 4 is 17.8 Å². The molecule has 8 nitrogen and oxygen atoms in total. The summed E-state index contributed by atoms with van der Waals surface area (Å²) >= 11 is 0. The van der Waals surface area contributed by atoms with E-state index in [0.29, 0.717) is 25.7 Å². The maximum Gasteiger partial charge on any atom is 0.329 e. The Labute approximate surface area is 208 Å². The highest BCUT2D eigenvalue weighted by molar-refractivity contribution is 5.85. The van der Waals surface area contributed by atoms with Crippen molar-refractivity contribution in [3.05, 3.63) is 48.0 Å². The first kappa shape index (κ1) is 28.5. The standard InChI is InChI=1S/C27H39NO7/c1-19-10-8-14-25(29)28-22(16-21-12-6-5-7-13-21)27(31)35-18-24(33-4)20(2)11-9-15-26(30)34-17-23(19)32-3/h5-8,10,12-13,19-20,22-24H,9,11,14-18H2,1-4H3,(H,28,29)/b10-8+/t19-,20-,22+,23-,24-/m1/s1. The Morgan fingerprint density at radius 3 is 2.34 bits per heavy atom. The number of nitrogens with one attached hydrogen (secondary N) is 1. The molecule has 0 aromatic heterocycles. The highest BCUT2D eigenvalue weighted by Gasteiger charge is 2.26. The first-order valence-electron chi connectivity index (χ1n) is 12.2. The number of hydrogen-bond donors (Lipinski definition) is 1. The second-order valence-electron chi connectivity index (χ2n) is 9.03. The first-order chi connectivity index (χ1) is 16.8. The Morgan fingerprint density at radius 1 is 0.971 bits per heavy atom. The van der Waals surface area contributed by atoms with Crippen LogP contribution >= 0.6 is 0 Å². The summed E-state index contributed by atoms with van der Waals surface area (Å²) in [6, 6.07) is 8.67. The molecule has 5 atom stereocenters. The van der Waals surface area contributed by atoms with Crippen molar-refractivity contribution in [3.8, 4) is 0 Å². The molecule has 0 saturated carbocycles. The van der Waals surface area contributed by atoms with E-state index in [1.807, 2.05) is 50.3 Å². The summed E-state index contributed by atoms with van der Waals surface area (Å²) in [6.07, 6.45) is 4.99. The maximum atomic E-state index is 13.0. The third-order valence-corrected chi connectivity index (χ3v) is 6.31. The number of cyclic esters (lactones) is 2. The van der Waals surface area contributed by atoms with E-state index in [4.69, 9.17) is 18.9 Å². The van der Waals surface area contributed by atoms with Crippen molar-refractivity contribution in [2.24, 2.45) is 11.8 Å². The fourth-order valence-corrected chi connectivity index (χ4v) is 3.98. The van der Waals surface area contributed by atoms with Crippen LogP contribution in [0.15, 0.2) is 42.5 Å². The molecular formula is C27H39NO7. The van der Waals surface area contributed by atoms with Gasteiger partial charge in [0.2, 0.25) is 5.91 Å². The second-order valence-corrected chi connectivity index (χ2v) is 9.03. The predicted octanol–water partition coefficient (Wildman–Crippen LogP) is 3.23. The Hall–Kier alpha value is -2.71. The van der Waals surface area contributed by atoms with Gasteiger partial charge in [0.15, 0.2) is 0 Å². The lowest BCUT2D eigenvalue weighted by molar-refractivity contribution is -0.152. The normalized spacial score (nSPS) is 29.0. The van der Waals surface area contributed by atoms with E-state index in [9.17, 15) is 14.4 Å². The lowest BCUT2D eigenvalue weighted by Crippen LogP contribution is -2.44. The van der Waals surface area contributed by atoms with Gasteiger partial charge in [0.1, 0.15) is 19.3 Å². The number of hydrogen-bond acceptors (Lipinski definition) is 7. The van der Waals surface area contributed by atoms with Gasteiger partial charge in [-0.05, 0) is 24.3 Å². The predicted molar refractivity (Wildman–Crippen MR) is 132 cm³/mol. The zero-order chi connectivity index (χ0) is 25.6. The quantitative estimate of drug-likeness (QED) is 0.512. The molecule has 0 aliphatic carbocycles. The summed E-state index contributed by atoms with van der Waals surface area (Å²) < 4.78 is 22.0. The average Bonchev–Trinajstić information content (AvgIpc) is 2.84. The molecule has 0 radical (unpaired) electrons. The van der Waals surface area contributed by atoms with Gasteiger partial charge in [0.05, 0.1) is 12.2 Å². The average molecular weight is 490 g/mol. The molecular weight excluding hydrogens is 450 g/mol. The smallest absolute Gasteiger partial charge is 0.329 e. The van der Waals surface area contributed by atoms with E-state index in [1.54, 1.807) is 20.3 Å². The van der Waals surface area contributed by atoms with Crippen LogP contribution in [0.25, 0.3) is 0 Å². The van der Waals surface area contributed by atoms with Gasteiger partial charge in [-0.15, -0.1) is 0 Å². The molecule has 1 aromatic rings. The van der Waals surface area contributed by atoms with Crippen LogP contribution in [-0.2, 0) is 39.8 Å². The highest BCUT2D eigenvalue weighted by atomic mass is 16.6. The molecule has 0 bridgehead atoms. The Balaban J connectivity index is 2.17. The summed E-state index contributed by atoms with van der Waals surface area (Å²) in [7, 11) is 3.14. The van der Waals surface area contributed by atoms with Crippen LogP contribution in [0.4, 0.5) is 0 Å². The van der Waals surface area contributed by atoms with E-state index in [2.05, 4.69) is 5.32 Å². The molecule has 1 aliphatic rings. The van der Waals surface area contributed by atoms with Crippen molar-refractivity contribution in [2.45, 2.75) is 64.2 Å². The lowest BCUT2D eigenvalue weighted by Gasteiger charge is -2.24. The number of methoxy groups -OCH3 is 2. The van der Waals surface area contributed by atoms with Crippen LogP contribution in [0.5, 0.6) is 0 Å². The summed E-state index contributed by atoms with van der Waals surface area (Å²) in [5.74, 6) is -1.09. The van der Waals surface area contributed by atoms with Gasteiger partial charge in [-0.2, -0.15) is 0 Å². The highest BCUT2D eigenvalue weighted by Crippen LogP contribution is 2.17. The van der Waals surface area contributed by atoms with E-state index >= 15 is 0 Å². The third kappa shape index (κ3) is 10.2. The molecule has 1 amide bonds. The summed E-state index contributed by atoms with van der Waals surface area (Å²) in [6.45, 7) is 4.13. The van der Waals surface area contributed by atoms with Gasteiger partial charge < -0.3 is 24.3 Å². The van der Waals surface area contributed by atoms with Crippen molar-refractivity contribution in [1.82, 2.24) is 5.32 Å². The molecule has 0 fully saturated rings. The van der Waals surface area contributed by atoms with E-state index in [0.717, 1.165) is 5.56 Å². The molecule has 0 saturated heterocycles. The van der Waals surface area contributed by atoms with Gasteiger partial charge in [0.25, 0.3) is 0 Å². The number of amides is 1. The number of rotatable bonds is 4. The number of carbonyl (C=O) groups excluding carboxylic acids is 3. The first-order valence-corrected chi connectivity index (χ1v) is 12.2. The van der Waals surface area contributed by atoms with Crippen LogP contribution in [0.3, 0.4) is 0 Å². The van der Waals surface area contributed by atoms with Crippen molar-refractivity contribution < 1.29 is 33.3 Å². The zero-order valence-electron chi connectivity index (χ0n) is 21.2. The molecule has 1 aliphatic heterocycles. The van der Waals surface area contributed by atoms with Crippen LogP contribution in [0, 0.1) is 11.8 Å². The molecule has 2 rings (SSSR count).